The van der Waals surface area contributed by atoms with Crippen LogP contribution in [0.1, 0.15) is 100 Å². The molecule has 0 radical (unpaired) electrons. The number of hydrogen-bond acceptors (Lipinski definition) is 12. The highest BCUT2D eigenvalue weighted by Gasteiger charge is 2.90. The third kappa shape index (κ3) is 3.93. The molecule has 278 valence electrons. The van der Waals surface area contributed by atoms with Crippen LogP contribution < -0.4 is 0 Å². The largest absolute Gasteiger partial charge is 0.427 e. The van der Waals surface area contributed by atoms with Crippen LogP contribution >= 0.6 is 0 Å². The summed E-state index contributed by atoms with van der Waals surface area (Å²) in [6.45, 7) is 15.1. The van der Waals surface area contributed by atoms with E-state index in [1.807, 2.05) is 0 Å². The maximum absolute atomic E-state index is 12.9. The van der Waals surface area contributed by atoms with Gasteiger partial charge in [-0.25, -0.2) is 0 Å². The summed E-state index contributed by atoms with van der Waals surface area (Å²) in [4.78, 5) is 12.5. The molecule has 8 rings (SSSR count). The van der Waals surface area contributed by atoms with Gasteiger partial charge in [0.05, 0.1) is 18.8 Å². The van der Waals surface area contributed by atoms with Gasteiger partial charge in [0.2, 0.25) is 5.79 Å². The molecule has 49 heavy (non-hydrogen) atoms. The average molecular weight is 695 g/mol. The molecule has 8 aliphatic rings. The Morgan fingerprint density at radius 1 is 0.898 bits per heavy atom. The predicted molar refractivity (Wildman–Crippen MR) is 171 cm³/mol. The Morgan fingerprint density at radius 3 is 2.24 bits per heavy atom. The lowest BCUT2D eigenvalue weighted by atomic mass is 9.40. The van der Waals surface area contributed by atoms with Gasteiger partial charge >= 0.3 is 5.97 Å². The van der Waals surface area contributed by atoms with E-state index in [1.54, 1.807) is 13.8 Å². The van der Waals surface area contributed by atoms with E-state index in [9.17, 15) is 35.4 Å². The standard InChI is InChI=1S/C37H58O12/c1-17-13-23-37(31(5,6)44,47-18(2)38)49-36(48-23)26(17)32(7)11-12-35-16-34(35)10-9-22(46-28-25(42)24(41)20(40)15-45-28)30(3,4)21(34)14-19(39)27(35)33(32,8)29(36)43/h17,19-29,39-44H,9-16H2,1-8H3/t17-,19+,20-,21+,22+,23?,24+,25-,26?,27+,28+,29?,32-,33-,34-,35+,36?,37?/m1/s1. The van der Waals surface area contributed by atoms with E-state index >= 15 is 0 Å². The molecule has 0 amide bonds. The van der Waals surface area contributed by atoms with Gasteiger partial charge in [-0.1, -0.05) is 34.6 Å². The third-order valence-corrected chi connectivity index (χ3v) is 16.4. The summed E-state index contributed by atoms with van der Waals surface area (Å²) in [5.41, 5.74) is -3.64. The molecular formula is C37H58O12. The van der Waals surface area contributed by atoms with Crippen LogP contribution in [0.15, 0.2) is 0 Å². The minimum Gasteiger partial charge on any atom is -0.427 e. The first-order chi connectivity index (χ1) is 22.6. The van der Waals surface area contributed by atoms with Crippen LogP contribution in [0.2, 0.25) is 0 Å². The van der Waals surface area contributed by atoms with Gasteiger partial charge in [0.25, 0.3) is 5.79 Å². The van der Waals surface area contributed by atoms with Crippen molar-refractivity contribution in [2.45, 2.75) is 167 Å². The topological polar surface area (TPSA) is 185 Å². The Labute approximate surface area is 288 Å². The second-order valence-corrected chi connectivity index (χ2v) is 19.1. The molecule has 0 aromatic heterocycles. The van der Waals surface area contributed by atoms with Crippen LogP contribution in [0, 0.1) is 50.7 Å². The van der Waals surface area contributed by atoms with Gasteiger partial charge in [-0.05, 0) is 98.2 Å². The molecule has 3 heterocycles. The van der Waals surface area contributed by atoms with Crippen molar-refractivity contribution in [1.29, 1.82) is 0 Å². The molecule has 3 saturated heterocycles. The van der Waals surface area contributed by atoms with E-state index in [0.29, 0.717) is 19.3 Å². The Kier molecular flexibility index (Phi) is 7.30. The van der Waals surface area contributed by atoms with Crippen molar-refractivity contribution in [2.24, 2.45) is 50.7 Å². The van der Waals surface area contributed by atoms with E-state index in [2.05, 4.69) is 34.6 Å². The van der Waals surface area contributed by atoms with Gasteiger partial charge in [-0.15, -0.1) is 0 Å². The molecule has 5 unspecified atom stereocenters. The fourth-order valence-electron chi connectivity index (χ4n) is 14.3. The Hall–Kier alpha value is -0.930. The Bertz CT molecular complexity index is 1400. The molecule has 8 fully saturated rings. The van der Waals surface area contributed by atoms with Gasteiger partial charge in [-0.3, -0.25) is 4.79 Å². The SMILES string of the molecule is CC(=O)OC1(C(C)(C)O)OC23OC1C[C@@H](C)C2[C@@]1(C)CC[C@@]24C[C@@]25CC[C@H](O[C@@H]2OC[C@@H](O)[C@H](O)[C@H]2O)C(C)(C)[C@@H]5C[C@H](O)[C@H]4[C@]1(C)C3O. The number of ether oxygens (including phenoxy) is 5. The van der Waals surface area contributed by atoms with Crippen LogP contribution in [-0.2, 0) is 28.5 Å². The second kappa shape index (κ2) is 10.2. The minimum absolute atomic E-state index is 0.0132. The molecule has 0 aromatic carbocycles. The number of rotatable bonds is 4. The highest BCUT2D eigenvalue weighted by Crippen LogP contribution is 2.90. The van der Waals surface area contributed by atoms with Gasteiger partial charge in [0.1, 0.15) is 36.1 Å². The van der Waals surface area contributed by atoms with Crippen molar-refractivity contribution in [2.75, 3.05) is 6.61 Å². The average Bonchev–Trinajstić information content (AvgIpc) is 3.52. The first-order valence-electron chi connectivity index (χ1n) is 18.6. The summed E-state index contributed by atoms with van der Waals surface area (Å²) in [6, 6.07) is 0. The van der Waals surface area contributed by atoms with Crippen molar-refractivity contribution in [3.63, 3.8) is 0 Å². The summed E-state index contributed by atoms with van der Waals surface area (Å²) < 4.78 is 31.6. The molecule has 6 N–H and O–H groups in total. The molecule has 12 heteroatoms. The van der Waals surface area contributed by atoms with E-state index in [0.717, 1.165) is 25.7 Å². The van der Waals surface area contributed by atoms with Gasteiger partial charge < -0.3 is 54.3 Å². The second-order valence-electron chi connectivity index (χ2n) is 19.1. The zero-order chi connectivity index (χ0) is 35.7. The fourth-order valence-corrected chi connectivity index (χ4v) is 14.3. The first-order valence-corrected chi connectivity index (χ1v) is 18.6. The van der Waals surface area contributed by atoms with Gasteiger partial charge in [0, 0.05) is 18.3 Å². The monoisotopic (exact) mass is 694 g/mol. The summed E-state index contributed by atoms with van der Waals surface area (Å²) in [5.74, 6) is -4.35. The molecule has 5 aliphatic carbocycles. The normalized spacial score (nSPS) is 60.0. The number of esters is 1. The molecule has 5 saturated carbocycles. The lowest BCUT2D eigenvalue weighted by Gasteiger charge is -2.64. The fraction of sp³-hybridized carbons (Fsp3) is 0.973. The zero-order valence-electron chi connectivity index (χ0n) is 30.2. The Balaban J connectivity index is 1.14. The van der Waals surface area contributed by atoms with Gasteiger partial charge in [0.15, 0.2) is 6.29 Å². The lowest BCUT2D eigenvalue weighted by molar-refractivity contribution is -0.336. The van der Waals surface area contributed by atoms with E-state index in [-0.39, 0.29) is 47.2 Å². The van der Waals surface area contributed by atoms with Gasteiger partial charge in [-0.2, -0.15) is 0 Å². The number of fused-ring (bicyclic) bond motifs is 4. The molecule has 2 bridgehead atoms. The molecule has 0 aromatic rings. The van der Waals surface area contributed by atoms with Crippen molar-refractivity contribution in [3.05, 3.63) is 0 Å². The maximum Gasteiger partial charge on any atom is 0.305 e. The van der Waals surface area contributed by atoms with Crippen LogP contribution in [0.3, 0.4) is 0 Å². The summed E-state index contributed by atoms with van der Waals surface area (Å²) in [6.07, 6.45) is -2.73. The highest BCUT2D eigenvalue weighted by atomic mass is 16.9. The Morgan fingerprint density at radius 2 is 1.59 bits per heavy atom. The number of carbonyl (C=O) groups excluding carboxylic acids is 1. The number of aliphatic hydroxyl groups is 6. The van der Waals surface area contributed by atoms with Crippen LogP contribution in [0.25, 0.3) is 0 Å². The van der Waals surface area contributed by atoms with E-state index in [4.69, 9.17) is 23.7 Å². The van der Waals surface area contributed by atoms with E-state index < -0.39 is 82.3 Å². The maximum atomic E-state index is 12.9. The summed E-state index contributed by atoms with van der Waals surface area (Å²) in [7, 11) is 0. The van der Waals surface area contributed by atoms with Crippen molar-refractivity contribution in [1.82, 2.24) is 0 Å². The predicted octanol–water partition coefficient (Wildman–Crippen LogP) is 1.98. The van der Waals surface area contributed by atoms with Crippen molar-refractivity contribution < 1.29 is 59.1 Å². The molecular weight excluding hydrogens is 636 g/mol. The highest BCUT2D eigenvalue weighted by molar-refractivity contribution is 5.66. The van der Waals surface area contributed by atoms with Crippen LogP contribution in [-0.4, -0.2) is 109 Å². The number of aliphatic hydroxyl groups excluding tert-OH is 5. The first kappa shape index (κ1) is 35.1. The zero-order valence-corrected chi connectivity index (χ0v) is 30.2. The molecule has 3 aliphatic heterocycles. The lowest BCUT2D eigenvalue weighted by Crippen LogP contribution is -2.65. The summed E-state index contributed by atoms with van der Waals surface area (Å²) in [5, 5.41) is 67.7. The van der Waals surface area contributed by atoms with Crippen molar-refractivity contribution >= 4 is 5.97 Å². The van der Waals surface area contributed by atoms with Crippen molar-refractivity contribution in [3.8, 4) is 0 Å². The van der Waals surface area contributed by atoms with Crippen LogP contribution in [0.5, 0.6) is 0 Å². The molecule has 12 nitrogen and oxygen atoms in total. The minimum atomic E-state index is -1.80. The quantitative estimate of drug-likeness (QED) is 0.186. The van der Waals surface area contributed by atoms with E-state index in [1.165, 1.54) is 6.92 Å². The molecule has 18 atom stereocenters. The van der Waals surface area contributed by atoms with Crippen LogP contribution in [0.4, 0.5) is 0 Å². The number of carbonyl (C=O) groups is 1. The summed E-state index contributed by atoms with van der Waals surface area (Å²) >= 11 is 0. The number of hydrogen-bond donors (Lipinski definition) is 6. The molecule has 3 spiro atoms. The smallest absolute Gasteiger partial charge is 0.305 e. The third-order valence-electron chi connectivity index (χ3n) is 16.4.